The molecule has 0 aliphatic carbocycles. The number of hydrogen-bond donors (Lipinski definition) is 3. The van der Waals surface area contributed by atoms with Gasteiger partial charge in [0.2, 0.25) is 27.8 Å². The van der Waals surface area contributed by atoms with E-state index in [-0.39, 0.29) is 54.9 Å². The van der Waals surface area contributed by atoms with Crippen LogP contribution in [0.4, 0.5) is 46.5 Å². The van der Waals surface area contributed by atoms with Crippen molar-refractivity contribution in [2.75, 3.05) is 72.4 Å². The van der Waals surface area contributed by atoms with E-state index >= 15 is 4.39 Å². The van der Waals surface area contributed by atoms with Crippen LogP contribution in [-0.2, 0) is 45.4 Å². The Bertz CT molecular complexity index is 2500. The van der Waals surface area contributed by atoms with Gasteiger partial charge in [0.15, 0.2) is 5.82 Å². The zero-order chi connectivity index (χ0) is 44.6. The summed E-state index contributed by atoms with van der Waals surface area (Å²) in [5, 5.41) is 7.88. The second kappa shape index (κ2) is 17.6. The van der Waals surface area contributed by atoms with Crippen molar-refractivity contribution in [1.82, 2.24) is 40.0 Å². The molecule has 6 heterocycles. The number of halogens is 4. The zero-order valence-corrected chi connectivity index (χ0v) is 35.3. The predicted molar refractivity (Wildman–Crippen MR) is 224 cm³/mol. The fraction of sp³-hybridized carbons (Fsp3) is 0.439. The number of aromatic nitrogens is 4. The second-order valence-corrected chi connectivity index (χ2v) is 18.0. The molecule has 4 aliphatic rings. The number of fused-ring (bicyclic) bond motifs is 1. The van der Waals surface area contributed by atoms with Crippen molar-refractivity contribution in [2.45, 2.75) is 63.6 Å². The number of anilines is 5. The number of piperazine rings is 1. The van der Waals surface area contributed by atoms with Gasteiger partial charge in [-0.3, -0.25) is 38.8 Å². The van der Waals surface area contributed by atoms with Crippen LogP contribution < -0.4 is 25.2 Å². The van der Waals surface area contributed by atoms with Gasteiger partial charge in [-0.2, -0.15) is 18.2 Å². The number of imide groups is 1. The zero-order valence-electron chi connectivity index (χ0n) is 34.5. The molecule has 0 saturated carbocycles. The highest BCUT2D eigenvalue weighted by atomic mass is 32.2. The number of benzene rings is 2. The maximum Gasteiger partial charge on any atom is 0.421 e. The molecule has 3 saturated heterocycles. The first-order valence-corrected chi connectivity index (χ1v) is 22.3. The van der Waals surface area contributed by atoms with Gasteiger partial charge in [0.25, 0.3) is 5.91 Å². The Balaban J connectivity index is 0.821. The van der Waals surface area contributed by atoms with Crippen LogP contribution in [0.3, 0.4) is 0 Å². The van der Waals surface area contributed by atoms with Gasteiger partial charge in [-0.1, -0.05) is 6.07 Å². The van der Waals surface area contributed by atoms with Crippen LogP contribution >= 0.6 is 0 Å². The Morgan fingerprint density at radius 2 is 1.63 bits per heavy atom. The summed E-state index contributed by atoms with van der Waals surface area (Å²) < 4.78 is 82.8. The summed E-state index contributed by atoms with van der Waals surface area (Å²) in [6.07, 6.45) is 1.72. The smallest absolute Gasteiger partial charge is 0.371 e. The molecular formula is C41H46F4N12O5S. The normalized spacial score (nSPS) is 19.3. The lowest BCUT2D eigenvalue weighted by atomic mass is 10.0. The van der Waals surface area contributed by atoms with Crippen molar-refractivity contribution in [3.63, 3.8) is 0 Å². The molecule has 22 heteroatoms. The number of nitrogens with one attached hydrogen (secondary N) is 3. The van der Waals surface area contributed by atoms with Crippen molar-refractivity contribution in [3.05, 3.63) is 88.8 Å². The number of carbonyl (C=O) groups is 3. The quantitative estimate of drug-likeness (QED) is 0.138. The molecule has 17 nitrogen and oxygen atoms in total. The average Bonchev–Trinajstić information content (AvgIpc) is 3.59. The SMILES string of the molecule is CN(c1nccnc1CNc1nc(Nc2ccc(N3CCC(N4CCN(Cc5ccc6c(c5F)CN(C5CCC(=O)NC5=O)C6=O)CC4)CC3)cc2)ncc1C(F)(F)F)S(C)(=O)=O. The van der Waals surface area contributed by atoms with Gasteiger partial charge < -0.3 is 20.4 Å². The fourth-order valence-corrected chi connectivity index (χ4v) is 9.00. The van der Waals surface area contributed by atoms with Crippen LogP contribution in [0.1, 0.15) is 58.4 Å². The average molecular weight is 895 g/mol. The molecule has 3 fully saturated rings. The second-order valence-electron chi connectivity index (χ2n) is 16.0. The Kier molecular flexibility index (Phi) is 12.2. The van der Waals surface area contributed by atoms with Gasteiger partial charge >= 0.3 is 6.18 Å². The standard InChI is InChI=1S/C41H46F4N12O5S/c1-53(63(2,61)62)37-32(46-13-14-47-37)22-48-36-31(41(43,44)45)21-49-40(52-36)50-26-4-6-27(7-5-26)55-15-11-28(12-16-55)56-19-17-54(18-20-56)23-25-3-8-29-30(35(25)42)24-57(39(29)60)33-9-10-34(58)51-38(33)59/h3-8,13-14,21,28,33H,9-12,15-20,22-24H2,1-2H3,(H,51,58,59)(H2,48,49,50,52). The van der Waals surface area contributed by atoms with Gasteiger partial charge in [-0.25, -0.2) is 22.8 Å². The molecule has 63 heavy (non-hydrogen) atoms. The molecule has 0 radical (unpaired) electrons. The van der Waals surface area contributed by atoms with E-state index in [1.807, 2.05) is 12.1 Å². The third-order valence-corrected chi connectivity index (χ3v) is 13.2. The third-order valence-electron chi connectivity index (χ3n) is 12.1. The van der Waals surface area contributed by atoms with Crippen LogP contribution in [-0.4, -0.2) is 125 Å². The van der Waals surface area contributed by atoms with Crippen LogP contribution in [0.15, 0.2) is 55.0 Å². The van der Waals surface area contributed by atoms with Crippen molar-refractivity contribution in [3.8, 4) is 0 Å². The maximum absolute atomic E-state index is 15.8. The molecule has 4 aromatic rings. The molecule has 0 spiro atoms. The Labute approximate surface area is 360 Å². The first kappa shape index (κ1) is 43.6. The highest BCUT2D eigenvalue weighted by Gasteiger charge is 2.41. The summed E-state index contributed by atoms with van der Waals surface area (Å²) in [5.41, 5.74) is 1.61. The number of carbonyl (C=O) groups excluding carboxylic acids is 3. The predicted octanol–water partition coefficient (Wildman–Crippen LogP) is 3.72. The molecule has 2 aromatic heterocycles. The van der Waals surface area contributed by atoms with E-state index in [0.717, 1.165) is 68.4 Å². The van der Waals surface area contributed by atoms with Crippen molar-refractivity contribution >= 4 is 56.7 Å². The van der Waals surface area contributed by atoms with E-state index in [2.05, 4.69) is 50.6 Å². The molecule has 1 atom stereocenters. The van der Waals surface area contributed by atoms with Gasteiger partial charge in [-0.05, 0) is 49.6 Å². The minimum absolute atomic E-state index is 0.00404. The molecule has 3 N–H and O–H groups in total. The van der Waals surface area contributed by atoms with E-state index in [9.17, 15) is 36.0 Å². The largest absolute Gasteiger partial charge is 0.421 e. The monoisotopic (exact) mass is 894 g/mol. The van der Waals surface area contributed by atoms with Gasteiger partial charge in [0, 0.05) is 112 Å². The molecular weight excluding hydrogens is 849 g/mol. The minimum Gasteiger partial charge on any atom is -0.371 e. The van der Waals surface area contributed by atoms with E-state index in [1.54, 1.807) is 24.3 Å². The molecule has 3 amide bonds. The van der Waals surface area contributed by atoms with Crippen LogP contribution in [0.25, 0.3) is 0 Å². The first-order valence-electron chi connectivity index (χ1n) is 20.5. The molecule has 8 rings (SSSR count). The summed E-state index contributed by atoms with van der Waals surface area (Å²) in [4.78, 5) is 61.6. The van der Waals surface area contributed by atoms with E-state index in [1.165, 1.54) is 24.3 Å². The van der Waals surface area contributed by atoms with E-state index in [4.69, 9.17) is 0 Å². The van der Waals surface area contributed by atoms with Crippen LogP contribution in [0, 0.1) is 5.82 Å². The van der Waals surface area contributed by atoms with Gasteiger partial charge in [0.05, 0.1) is 19.3 Å². The van der Waals surface area contributed by atoms with Crippen molar-refractivity contribution < 1.29 is 40.4 Å². The van der Waals surface area contributed by atoms with Gasteiger partial charge in [-0.15, -0.1) is 0 Å². The van der Waals surface area contributed by atoms with Crippen molar-refractivity contribution in [1.29, 1.82) is 0 Å². The number of rotatable bonds is 12. The molecule has 0 bridgehead atoms. The summed E-state index contributed by atoms with van der Waals surface area (Å²) in [6.45, 7) is 4.96. The summed E-state index contributed by atoms with van der Waals surface area (Å²) in [7, 11) is -2.45. The number of hydrogen-bond acceptors (Lipinski definition) is 14. The van der Waals surface area contributed by atoms with E-state index in [0.29, 0.717) is 35.6 Å². The lowest BCUT2D eigenvalue weighted by Crippen LogP contribution is -2.53. The fourth-order valence-electron chi connectivity index (χ4n) is 8.53. The number of amides is 3. The van der Waals surface area contributed by atoms with Gasteiger partial charge in [0.1, 0.15) is 28.9 Å². The van der Waals surface area contributed by atoms with Crippen LogP contribution in [0.2, 0.25) is 0 Å². The van der Waals surface area contributed by atoms with Crippen molar-refractivity contribution in [2.24, 2.45) is 0 Å². The Morgan fingerprint density at radius 3 is 2.32 bits per heavy atom. The highest BCUT2D eigenvalue weighted by molar-refractivity contribution is 7.92. The number of alkyl halides is 3. The number of sulfonamides is 1. The summed E-state index contributed by atoms with van der Waals surface area (Å²) in [5.74, 6) is -2.36. The minimum atomic E-state index is -4.78. The molecule has 4 aliphatic heterocycles. The lowest BCUT2D eigenvalue weighted by Gasteiger charge is -2.43. The summed E-state index contributed by atoms with van der Waals surface area (Å²) >= 11 is 0. The first-order chi connectivity index (χ1) is 30.0. The summed E-state index contributed by atoms with van der Waals surface area (Å²) in [6, 6.07) is 10.4. The lowest BCUT2D eigenvalue weighted by molar-refractivity contribution is -0.138. The molecule has 334 valence electrons. The van der Waals surface area contributed by atoms with E-state index < -0.39 is 51.3 Å². The Morgan fingerprint density at radius 1 is 0.921 bits per heavy atom. The molecule has 1 unspecified atom stereocenters. The maximum atomic E-state index is 15.8. The number of piperidine rings is 2. The van der Waals surface area contributed by atoms with Crippen LogP contribution in [0.5, 0.6) is 0 Å². The number of nitrogens with zero attached hydrogens (tertiary/aromatic N) is 9. The topological polar surface area (TPSA) is 189 Å². The molecule has 2 aromatic carbocycles. The third kappa shape index (κ3) is 9.52. The Hall–Kier alpha value is -6.00. The highest BCUT2D eigenvalue weighted by Crippen LogP contribution is 2.35.